The van der Waals surface area contributed by atoms with Crippen molar-refractivity contribution in [1.29, 1.82) is 0 Å². The van der Waals surface area contributed by atoms with Crippen molar-refractivity contribution >= 4 is 40.4 Å². The average molecular weight is 509 g/mol. The first kappa shape index (κ1) is 23.9. The zero-order chi connectivity index (χ0) is 26.4. The molecule has 2 unspecified atom stereocenters. The van der Waals surface area contributed by atoms with E-state index in [-0.39, 0.29) is 17.9 Å². The number of amides is 2. The molecule has 3 heterocycles. The summed E-state index contributed by atoms with van der Waals surface area (Å²) in [6.07, 6.45) is 1.04. The number of rotatable bonds is 5. The summed E-state index contributed by atoms with van der Waals surface area (Å²) in [7, 11) is 3.44. The summed E-state index contributed by atoms with van der Waals surface area (Å²) in [5.74, 6) is -0.678. The van der Waals surface area contributed by atoms with Gasteiger partial charge in [-0.25, -0.2) is 4.79 Å². The molecule has 8 nitrogen and oxygen atoms in total. The monoisotopic (exact) mass is 508 g/mol. The van der Waals surface area contributed by atoms with E-state index in [1.807, 2.05) is 59.5 Å². The van der Waals surface area contributed by atoms with Crippen LogP contribution in [0.1, 0.15) is 38.3 Å². The second-order valence-electron chi connectivity index (χ2n) is 9.96. The Hall–Kier alpha value is -4.43. The Morgan fingerprint density at radius 1 is 0.921 bits per heavy atom. The molecular weight excluding hydrogens is 480 g/mol. The molecule has 3 aliphatic rings. The molecule has 2 bridgehead atoms. The van der Waals surface area contributed by atoms with Gasteiger partial charge in [0.1, 0.15) is 0 Å². The molecule has 2 N–H and O–H groups in total. The van der Waals surface area contributed by atoms with Crippen LogP contribution in [0.2, 0.25) is 0 Å². The molecule has 0 radical (unpaired) electrons. The van der Waals surface area contributed by atoms with E-state index in [1.54, 1.807) is 18.2 Å². The zero-order valence-corrected chi connectivity index (χ0v) is 21.2. The first-order chi connectivity index (χ1) is 18.4. The second kappa shape index (κ2) is 9.46. The van der Waals surface area contributed by atoms with Crippen molar-refractivity contribution in [1.82, 2.24) is 9.80 Å². The Bertz CT molecular complexity index is 1460. The first-order valence-electron chi connectivity index (χ1n) is 12.6. The van der Waals surface area contributed by atoms with Crippen LogP contribution in [0.15, 0.2) is 72.8 Å². The lowest BCUT2D eigenvalue weighted by atomic mass is 9.99. The molecule has 6 rings (SSSR count). The third-order valence-corrected chi connectivity index (χ3v) is 7.67. The van der Waals surface area contributed by atoms with Gasteiger partial charge in [-0.3, -0.25) is 14.5 Å². The number of nitrogens with zero attached hydrogens (tertiary/aromatic N) is 2. The van der Waals surface area contributed by atoms with Crippen molar-refractivity contribution in [3.05, 3.63) is 95.1 Å². The van der Waals surface area contributed by atoms with Crippen molar-refractivity contribution < 1.29 is 19.1 Å². The maximum Gasteiger partial charge on any atom is 0.337 e. The highest BCUT2D eigenvalue weighted by atomic mass is 16.5. The predicted octanol–water partition coefficient (Wildman–Crippen LogP) is 3.93. The minimum atomic E-state index is -0.468. The van der Waals surface area contributed by atoms with Crippen LogP contribution in [0, 0.1) is 0 Å². The minimum absolute atomic E-state index is 0.0595. The van der Waals surface area contributed by atoms with Crippen LogP contribution < -0.4 is 10.6 Å². The van der Waals surface area contributed by atoms with E-state index in [4.69, 9.17) is 4.74 Å². The average Bonchev–Trinajstić information content (AvgIpc) is 3.62. The van der Waals surface area contributed by atoms with Crippen LogP contribution in [0.4, 0.5) is 11.4 Å². The number of hydrogen-bond donors (Lipinski definition) is 2. The zero-order valence-electron chi connectivity index (χ0n) is 21.2. The van der Waals surface area contributed by atoms with Gasteiger partial charge < -0.3 is 20.3 Å². The summed E-state index contributed by atoms with van der Waals surface area (Å²) in [5.41, 5.74) is 4.94. The summed E-state index contributed by atoms with van der Waals surface area (Å²) >= 11 is 0. The fourth-order valence-corrected chi connectivity index (χ4v) is 5.67. The molecule has 2 amide bonds. The molecule has 8 heteroatoms. The van der Waals surface area contributed by atoms with Gasteiger partial charge in [-0.1, -0.05) is 36.4 Å². The molecule has 0 spiro atoms. The lowest BCUT2D eigenvalue weighted by Crippen LogP contribution is -2.47. The van der Waals surface area contributed by atoms with Gasteiger partial charge >= 0.3 is 5.97 Å². The first-order valence-corrected chi connectivity index (χ1v) is 12.6. The number of anilines is 2. The number of carbonyl (C=O) groups is 3. The number of likely N-dealkylation sites (N-methyl/N-ethyl adjacent to an activating group) is 1. The number of nitrogens with one attached hydrogen (secondary N) is 2. The number of likely N-dealkylation sites (tertiary alicyclic amines) is 2. The lowest BCUT2D eigenvalue weighted by Gasteiger charge is -2.32. The van der Waals surface area contributed by atoms with Crippen molar-refractivity contribution in [2.75, 3.05) is 37.9 Å². The van der Waals surface area contributed by atoms with Crippen molar-refractivity contribution in [3.63, 3.8) is 0 Å². The molecule has 0 aromatic heterocycles. The van der Waals surface area contributed by atoms with E-state index >= 15 is 0 Å². The Balaban J connectivity index is 1.32. The van der Waals surface area contributed by atoms with Crippen molar-refractivity contribution in [2.45, 2.75) is 18.5 Å². The van der Waals surface area contributed by atoms with Gasteiger partial charge in [-0.05, 0) is 55.4 Å². The molecule has 3 aromatic rings. The highest BCUT2D eigenvalue weighted by Crippen LogP contribution is 2.38. The summed E-state index contributed by atoms with van der Waals surface area (Å²) in [6, 6.07) is 22.8. The van der Waals surface area contributed by atoms with Gasteiger partial charge in [0.15, 0.2) is 0 Å². The summed E-state index contributed by atoms with van der Waals surface area (Å²) in [4.78, 5) is 42.7. The van der Waals surface area contributed by atoms with Crippen LogP contribution in [0.5, 0.6) is 0 Å². The normalized spacial score (nSPS) is 21.2. The molecule has 192 valence electrons. The van der Waals surface area contributed by atoms with Gasteiger partial charge in [0.05, 0.1) is 29.6 Å². The minimum Gasteiger partial charge on any atom is -0.465 e. The largest absolute Gasteiger partial charge is 0.465 e. The highest BCUT2D eigenvalue weighted by molar-refractivity contribution is 6.37. The van der Waals surface area contributed by atoms with Crippen molar-refractivity contribution in [3.8, 4) is 0 Å². The molecule has 3 aromatic carbocycles. The molecular formula is C30H28N4O4. The number of benzene rings is 3. The molecule has 2 fully saturated rings. The number of piperazine rings is 1. The van der Waals surface area contributed by atoms with Gasteiger partial charge in [-0.15, -0.1) is 0 Å². The number of esters is 1. The third-order valence-electron chi connectivity index (χ3n) is 7.67. The van der Waals surface area contributed by atoms with Gasteiger partial charge in [0.2, 0.25) is 0 Å². The maximum absolute atomic E-state index is 13.2. The van der Waals surface area contributed by atoms with E-state index in [0.717, 1.165) is 30.8 Å². The van der Waals surface area contributed by atoms with Gasteiger partial charge in [-0.2, -0.15) is 0 Å². The SMILES string of the molecule is COC(=O)c1ccc2c(c1)NC(=O)/C2=C(\Nc1ccc(C(=O)N2CC3CC2CN3C)cc1)c1ccccc1. The number of fused-ring (bicyclic) bond motifs is 3. The number of methoxy groups -OCH3 is 1. The standard InChI is InChI=1S/C30H28N4O4/c1-33-16-23-15-22(33)17-34(23)29(36)19-8-11-21(12-9-19)31-27(18-6-4-3-5-7-18)26-24-13-10-20(30(37)38-2)14-25(24)32-28(26)35/h3-14,22-23,31H,15-17H2,1-2H3,(H,32,35)/b27-26-. The molecule has 0 aliphatic carbocycles. The van der Waals surface area contributed by atoms with Crippen LogP contribution in [-0.4, -0.2) is 66.9 Å². The van der Waals surface area contributed by atoms with Crippen LogP contribution in [0.3, 0.4) is 0 Å². The summed E-state index contributed by atoms with van der Waals surface area (Å²) in [6.45, 7) is 1.70. The second-order valence-corrected chi connectivity index (χ2v) is 9.96. The molecule has 38 heavy (non-hydrogen) atoms. The number of ether oxygens (including phenoxy) is 1. The van der Waals surface area contributed by atoms with Crippen LogP contribution in [0.25, 0.3) is 11.3 Å². The van der Waals surface area contributed by atoms with Crippen LogP contribution in [-0.2, 0) is 9.53 Å². The van der Waals surface area contributed by atoms with Crippen molar-refractivity contribution in [2.24, 2.45) is 0 Å². The van der Waals surface area contributed by atoms with E-state index in [1.165, 1.54) is 7.11 Å². The van der Waals surface area contributed by atoms with E-state index in [2.05, 4.69) is 22.6 Å². The molecule has 0 saturated carbocycles. The molecule has 3 aliphatic heterocycles. The Morgan fingerprint density at radius 2 is 1.66 bits per heavy atom. The third kappa shape index (κ3) is 4.13. The fraction of sp³-hybridized carbons (Fsp3) is 0.233. The smallest absolute Gasteiger partial charge is 0.337 e. The Kier molecular flexibility index (Phi) is 5.96. The predicted molar refractivity (Wildman–Crippen MR) is 146 cm³/mol. The number of hydrogen-bond acceptors (Lipinski definition) is 6. The molecule has 2 saturated heterocycles. The summed E-state index contributed by atoms with van der Waals surface area (Å²) in [5, 5.41) is 6.30. The molecule has 2 atom stereocenters. The van der Waals surface area contributed by atoms with Crippen LogP contribution >= 0.6 is 0 Å². The van der Waals surface area contributed by atoms with E-state index < -0.39 is 5.97 Å². The summed E-state index contributed by atoms with van der Waals surface area (Å²) < 4.78 is 4.82. The maximum atomic E-state index is 13.2. The Morgan fingerprint density at radius 3 is 2.32 bits per heavy atom. The quantitative estimate of drug-likeness (QED) is 0.401. The lowest BCUT2D eigenvalue weighted by molar-refractivity contribution is -0.110. The van der Waals surface area contributed by atoms with Gasteiger partial charge in [0.25, 0.3) is 11.8 Å². The van der Waals surface area contributed by atoms with E-state index in [0.29, 0.717) is 39.7 Å². The fourth-order valence-electron chi connectivity index (χ4n) is 5.67. The number of carbonyl (C=O) groups excluding carboxylic acids is 3. The van der Waals surface area contributed by atoms with Gasteiger partial charge in [0, 0.05) is 42.0 Å². The van der Waals surface area contributed by atoms with E-state index in [9.17, 15) is 14.4 Å². The highest BCUT2D eigenvalue weighted by Gasteiger charge is 2.43. The Labute approximate surface area is 220 Å². The topological polar surface area (TPSA) is 91.0 Å².